The molecule has 0 aromatic heterocycles. The Labute approximate surface area is 126 Å². The third-order valence-corrected chi connectivity index (χ3v) is 2.86. The monoisotopic (exact) mass is 298 g/mol. The minimum absolute atomic E-state index is 0.112. The molecule has 0 aliphatic heterocycles. The Morgan fingerprint density at radius 3 is 2.23 bits per heavy atom. The molecule has 2 amide bonds. The van der Waals surface area contributed by atoms with E-state index in [1.54, 1.807) is 35.9 Å². The molecule has 0 aliphatic carbocycles. The summed E-state index contributed by atoms with van der Waals surface area (Å²) in [6, 6.07) is 14.3. The van der Waals surface area contributed by atoms with Crippen molar-refractivity contribution in [1.82, 2.24) is 10.6 Å². The number of carbonyl (C=O) groups is 2. The van der Waals surface area contributed by atoms with Gasteiger partial charge in [0.05, 0.1) is 0 Å². The maximum absolute atomic E-state index is 12.1. The molecule has 0 saturated carbocycles. The number of nitrogens with zero attached hydrogens (tertiary/aromatic N) is 1. The van der Waals surface area contributed by atoms with Crippen LogP contribution in [0, 0.1) is 0 Å². The second-order valence-corrected chi connectivity index (χ2v) is 4.37. The molecule has 0 aliphatic rings. The summed E-state index contributed by atoms with van der Waals surface area (Å²) in [6.07, 6.45) is 2.60. The summed E-state index contributed by atoms with van der Waals surface area (Å²) in [7, 11) is 0. The zero-order valence-electron chi connectivity index (χ0n) is 11.5. The van der Waals surface area contributed by atoms with Crippen LogP contribution in [0.15, 0.2) is 60.7 Å². The van der Waals surface area contributed by atoms with Crippen molar-refractivity contribution in [1.29, 1.82) is 0 Å². The molecule has 0 heterocycles. The number of phenolic OH excluding ortho intramolecular Hbond substituents is 1. The summed E-state index contributed by atoms with van der Waals surface area (Å²) in [4.78, 5) is 24.1. The van der Waals surface area contributed by atoms with E-state index in [0.717, 1.165) is 6.08 Å². The van der Waals surface area contributed by atoms with Gasteiger partial charge in [-0.25, -0.2) is 0 Å². The Bertz CT molecular complexity index is 681. The Hall–Kier alpha value is -2.96. The molecule has 0 atom stereocenters. The largest absolute Gasteiger partial charge is 0.508 e. The number of imide groups is 1. The van der Waals surface area contributed by atoms with Crippen molar-refractivity contribution in [2.75, 3.05) is 0 Å². The Morgan fingerprint density at radius 1 is 1.00 bits per heavy atom. The lowest BCUT2D eigenvalue weighted by atomic mass is 10.2. The highest BCUT2D eigenvalue weighted by molar-refractivity contribution is 6.08. The predicted molar refractivity (Wildman–Crippen MR) is 79.7 cm³/mol. The fourth-order valence-electron chi connectivity index (χ4n) is 1.73. The number of aromatic hydroxyl groups is 1. The van der Waals surface area contributed by atoms with E-state index >= 15 is 0 Å². The van der Waals surface area contributed by atoms with Gasteiger partial charge in [-0.05, 0) is 35.9 Å². The molecule has 0 radical (unpaired) electrons. The number of phenols is 1. The summed E-state index contributed by atoms with van der Waals surface area (Å²) in [5.74, 6) is -1.30. The van der Waals surface area contributed by atoms with Gasteiger partial charge < -0.3 is 5.11 Å². The van der Waals surface area contributed by atoms with Gasteiger partial charge in [0.2, 0.25) is 0 Å². The van der Waals surface area contributed by atoms with Crippen molar-refractivity contribution in [2.24, 2.45) is 0 Å². The molecule has 22 heavy (non-hydrogen) atoms. The molecule has 6 heteroatoms. The van der Waals surface area contributed by atoms with Crippen LogP contribution < -0.4 is 5.59 Å². The number of rotatable bonds is 4. The van der Waals surface area contributed by atoms with E-state index < -0.39 is 11.8 Å². The first-order valence-electron chi connectivity index (χ1n) is 6.42. The molecule has 0 unspecified atom stereocenters. The number of nitrogens with one attached hydrogen (secondary N) is 1. The number of amides is 2. The summed E-state index contributed by atoms with van der Waals surface area (Å²) in [5, 5.41) is 18.7. The van der Waals surface area contributed by atoms with Crippen molar-refractivity contribution >= 4 is 17.9 Å². The molecular formula is C16H14N2O4. The Morgan fingerprint density at radius 2 is 1.64 bits per heavy atom. The van der Waals surface area contributed by atoms with Gasteiger partial charge in [-0.15, -0.1) is 5.59 Å². The number of benzene rings is 2. The predicted octanol–water partition coefficient (Wildman–Crippen LogP) is 1.97. The highest BCUT2D eigenvalue weighted by Gasteiger charge is 2.20. The molecule has 3 N–H and O–H groups in total. The van der Waals surface area contributed by atoms with Crippen LogP contribution in [0.4, 0.5) is 0 Å². The van der Waals surface area contributed by atoms with E-state index in [0.29, 0.717) is 10.6 Å². The number of hydrazine groups is 1. The minimum Gasteiger partial charge on any atom is -0.508 e. The van der Waals surface area contributed by atoms with Crippen molar-refractivity contribution in [3.05, 3.63) is 71.8 Å². The second kappa shape index (κ2) is 7.16. The molecule has 112 valence electrons. The lowest BCUT2D eigenvalue weighted by Crippen LogP contribution is -2.44. The van der Waals surface area contributed by atoms with Crippen LogP contribution in [0.5, 0.6) is 5.75 Å². The summed E-state index contributed by atoms with van der Waals surface area (Å²) in [5.41, 5.74) is 2.51. The lowest BCUT2D eigenvalue weighted by molar-refractivity contribution is -0.133. The van der Waals surface area contributed by atoms with Gasteiger partial charge in [-0.1, -0.05) is 30.3 Å². The normalized spacial score (nSPS) is 10.6. The van der Waals surface area contributed by atoms with Gasteiger partial charge >= 0.3 is 0 Å². The van der Waals surface area contributed by atoms with Crippen molar-refractivity contribution < 1.29 is 19.9 Å². The maximum atomic E-state index is 12.1. The summed E-state index contributed by atoms with van der Waals surface area (Å²) >= 11 is 0. The number of hydrogen-bond donors (Lipinski definition) is 3. The fourth-order valence-corrected chi connectivity index (χ4v) is 1.73. The van der Waals surface area contributed by atoms with Crippen LogP contribution in [0.2, 0.25) is 0 Å². The fraction of sp³-hybridized carbons (Fsp3) is 0. The molecule has 6 nitrogen and oxygen atoms in total. The third-order valence-electron chi connectivity index (χ3n) is 2.86. The highest BCUT2D eigenvalue weighted by atomic mass is 16.5. The molecular weight excluding hydrogens is 284 g/mol. The zero-order chi connectivity index (χ0) is 15.9. The topological polar surface area (TPSA) is 89.9 Å². The van der Waals surface area contributed by atoms with E-state index in [4.69, 9.17) is 5.21 Å². The summed E-state index contributed by atoms with van der Waals surface area (Å²) in [6.45, 7) is 0. The van der Waals surface area contributed by atoms with Gasteiger partial charge in [0.25, 0.3) is 11.8 Å². The van der Waals surface area contributed by atoms with Crippen LogP contribution in [0.3, 0.4) is 0 Å². The zero-order valence-corrected chi connectivity index (χ0v) is 11.5. The molecule has 2 rings (SSSR count). The Kier molecular flexibility index (Phi) is 5.02. The quantitative estimate of drug-likeness (QED) is 0.593. The molecule has 2 aromatic carbocycles. The molecule has 2 aromatic rings. The van der Waals surface area contributed by atoms with Gasteiger partial charge in [0.15, 0.2) is 0 Å². The van der Waals surface area contributed by atoms with Gasteiger partial charge in [0, 0.05) is 11.6 Å². The average Bonchev–Trinajstić information content (AvgIpc) is 2.55. The van der Waals surface area contributed by atoms with E-state index in [1.165, 1.54) is 30.3 Å². The highest BCUT2D eigenvalue weighted by Crippen LogP contribution is 2.11. The second-order valence-electron chi connectivity index (χ2n) is 4.37. The smallest absolute Gasteiger partial charge is 0.277 e. The molecule has 0 bridgehead atoms. The van der Waals surface area contributed by atoms with E-state index in [1.807, 2.05) is 0 Å². The summed E-state index contributed by atoms with van der Waals surface area (Å²) < 4.78 is 0. The third kappa shape index (κ3) is 3.78. The van der Waals surface area contributed by atoms with Crippen LogP contribution >= 0.6 is 0 Å². The van der Waals surface area contributed by atoms with Crippen LogP contribution in [0.1, 0.15) is 15.9 Å². The van der Waals surface area contributed by atoms with Gasteiger partial charge in [-0.3, -0.25) is 14.8 Å². The molecule has 0 fully saturated rings. The maximum Gasteiger partial charge on any atom is 0.277 e. The molecule has 0 saturated heterocycles. The first-order valence-corrected chi connectivity index (χ1v) is 6.42. The van der Waals surface area contributed by atoms with E-state index in [-0.39, 0.29) is 11.3 Å². The lowest BCUT2D eigenvalue weighted by Gasteiger charge is -2.16. The number of carbonyl (C=O) groups excluding carboxylic acids is 2. The van der Waals surface area contributed by atoms with Crippen LogP contribution in [-0.4, -0.2) is 27.1 Å². The SMILES string of the molecule is O=C(C=Cc1ccc(O)cc1)N(NO)C(=O)c1ccccc1. The van der Waals surface area contributed by atoms with Crippen molar-refractivity contribution in [3.8, 4) is 5.75 Å². The van der Waals surface area contributed by atoms with E-state index in [9.17, 15) is 14.7 Å². The molecule has 0 spiro atoms. The van der Waals surface area contributed by atoms with Crippen molar-refractivity contribution in [2.45, 2.75) is 0 Å². The van der Waals surface area contributed by atoms with Crippen LogP contribution in [0.25, 0.3) is 6.08 Å². The first-order chi connectivity index (χ1) is 10.6. The van der Waals surface area contributed by atoms with Gasteiger partial charge in [-0.2, -0.15) is 5.01 Å². The van der Waals surface area contributed by atoms with Crippen LogP contribution in [-0.2, 0) is 4.79 Å². The standard InChI is InChI=1S/C16H14N2O4/c19-14-9-6-12(7-10-14)8-11-15(20)18(17-22)16(21)13-4-2-1-3-5-13/h1-11,17,19,22H. The Balaban J connectivity index is 2.12. The van der Waals surface area contributed by atoms with Crippen molar-refractivity contribution in [3.63, 3.8) is 0 Å². The number of hydrogen-bond acceptors (Lipinski definition) is 5. The first kappa shape index (κ1) is 15.4. The average molecular weight is 298 g/mol. The van der Waals surface area contributed by atoms with Gasteiger partial charge in [0.1, 0.15) is 5.75 Å². The minimum atomic E-state index is -0.732. The van der Waals surface area contributed by atoms with E-state index in [2.05, 4.69) is 0 Å².